The number of carbonyl (C=O) groups excluding carboxylic acids is 1. The third-order valence-electron chi connectivity index (χ3n) is 5.03. The topological polar surface area (TPSA) is 98.5 Å². The minimum Gasteiger partial charge on any atom is -0.495 e. The van der Waals surface area contributed by atoms with E-state index < -0.39 is 15.4 Å². The Balaban J connectivity index is 1.78. The summed E-state index contributed by atoms with van der Waals surface area (Å²) >= 11 is 5.95. The molecule has 0 saturated heterocycles. The number of nitrogens with two attached hydrogens (primary N) is 1. The lowest BCUT2D eigenvalue weighted by atomic mass is 9.64. The van der Waals surface area contributed by atoms with Crippen LogP contribution in [0, 0.1) is 0 Å². The van der Waals surface area contributed by atoms with Gasteiger partial charge in [0.1, 0.15) is 10.6 Å². The molecule has 1 fully saturated rings. The number of amides is 1. The van der Waals surface area contributed by atoms with Crippen LogP contribution in [-0.4, -0.2) is 21.4 Å². The van der Waals surface area contributed by atoms with Crippen LogP contribution < -0.4 is 15.2 Å². The Morgan fingerprint density at radius 2 is 1.89 bits per heavy atom. The van der Waals surface area contributed by atoms with Crippen molar-refractivity contribution in [3.8, 4) is 5.75 Å². The summed E-state index contributed by atoms with van der Waals surface area (Å²) in [5.41, 5.74) is 1.01. The van der Waals surface area contributed by atoms with Crippen LogP contribution in [0.5, 0.6) is 5.75 Å². The number of halogens is 1. The van der Waals surface area contributed by atoms with Crippen LogP contribution >= 0.6 is 11.6 Å². The van der Waals surface area contributed by atoms with E-state index in [1.54, 1.807) is 18.2 Å². The average Bonchev–Trinajstić information content (AvgIpc) is 2.59. The van der Waals surface area contributed by atoms with Gasteiger partial charge >= 0.3 is 0 Å². The molecule has 1 aliphatic rings. The lowest BCUT2D eigenvalue weighted by Crippen LogP contribution is -2.49. The van der Waals surface area contributed by atoms with Crippen LogP contribution in [0.1, 0.15) is 30.4 Å². The fraction of sp³-hybridized carbons (Fsp3) is 0.316. The number of carbonyl (C=O) groups is 1. The molecule has 0 unspecified atom stereocenters. The number of hydrogen-bond acceptors (Lipinski definition) is 4. The number of hydrogen-bond donors (Lipinski definition) is 2. The average molecular weight is 409 g/mol. The summed E-state index contributed by atoms with van der Waals surface area (Å²) in [6.45, 7) is 0.195. The van der Waals surface area contributed by atoms with Gasteiger partial charge in [0.25, 0.3) is 0 Å². The largest absolute Gasteiger partial charge is 0.495 e. The zero-order chi connectivity index (χ0) is 19.7. The van der Waals surface area contributed by atoms with Gasteiger partial charge in [0.2, 0.25) is 15.9 Å². The minimum atomic E-state index is -3.93. The van der Waals surface area contributed by atoms with E-state index >= 15 is 0 Å². The Hall–Kier alpha value is -2.09. The lowest BCUT2D eigenvalue weighted by molar-refractivity contribution is -0.130. The highest BCUT2D eigenvalue weighted by molar-refractivity contribution is 7.89. The van der Waals surface area contributed by atoms with Crippen molar-refractivity contribution in [3.05, 3.63) is 58.6 Å². The molecule has 1 amide bonds. The van der Waals surface area contributed by atoms with E-state index in [4.69, 9.17) is 21.5 Å². The van der Waals surface area contributed by atoms with Crippen molar-refractivity contribution in [2.75, 3.05) is 7.11 Å². The van der Waals surface area contributed by atoms with Crippen LogP contribution in [0.4, 0.5) is 0 Å². The van der Waals surface area contributed by atoms with Crippen molar-refractivity contribution in [3.63, 3.8) is 0 Å². The van der Waals surface area contributed by atoms with E-state index in [1.165, 1.54) is 19.2 Å². The maximum absolute atomic E-state index is 12.9. The van der Waals surface area contributed by atoms with Crippen molar-refractivity contribution in [2.45, 2.75) is 36.1 Å². The van der Waals surface area contributed by atoms with Gasteiger partial charge in [-0.05, 0) is 48.2 Å². The summed E-state index contributed by atoms with van der Waals surface area (Å²) < 4.78 is 28.5. The normalized spacial score (nSPS) is 15.7. The number of ether oxygens (including phenoxy) is 1. The van der Waals surface area contributed by atoms with Crippen molar-refractivity contribution >= 4 is 27.5 Å². The number of primary sulfonamides is 1. The summed E-state index contributed by atoms with van der Waals surface area (Å²) in [5, 5.41) is 8.79. The van der Waals surface area contributed by atoms with Gasteiger partial charge in [-0.2, -0.15) is 0 Å². The van der Waals surface area contributed by atoms with E-state index in [0.29, 0.717) is 10.6 Å². The zero-order valence-electron chi connectivity index (χ0n) is 14.9. The van der Waals surface area contributed by atoms with Crippen molar-refractivity contribution in [1.29, 1.82) is 0 Å². The summed E-state index contributed by atoms with van der Waals surface area (Å²) in [6.07, 6.45) is 2.52. The number of nitrogens with one attached hydrogen (secondary N) is 1. The highest BCUT2D eigenvalue weighted by Crippen LogP contribution is 2.44. The molecular formula is C19H21ClN2O4S. The summed E-state index contributed by atoms with van der Waals surface area (Å²) in [6, 6.07) is 12.0. The monoisotopic (exact) mass is 408 g/mol. The van der Waals surface area contributed by atoms with Crippen molar-refractivity contribution in [2.24, 2.45) is 5.14 Å². The molecule has 6 nitrogen and oxygen atoms in total. The Morgan fingerprint density at radius 3 is 2.41 bits per heavy atom. The Labute approximate surface area is 163 Å². The molecule has 0 bridgehead atoms. The van der Waals surface area contributed by atoms with Gasteiger partial charge in [-0.25, -0.2) is 13.6 Å². The van der Waals surface area contributed by atoms with Crippen LogP contribution in [0.2, 0.25) is 5.02 Å². The Bertz CT molecular complexity index is 954. The molecule has 2 aromatic carbocycles. The third kappa shape index (κ3) is 3.95. The van der Waals surface area contributed by atoms with E-state index in [0.717, 1.165) is 24.8 Å². The van der Waals surface area contributed by atoms with Gasteiger partial charge in [0.05, 0.1) is 12.5 Å². The zero-order valence-corrected chi connectivity index (χ0v) is 16.4. The van der Waals surface area contributed by atoms with Crippen LogP contribution in [0.25, 0.3) is 0 Å². The highest BCUT2D eigenvalue weighted by Gasteiger charge is 2.45. The molecule has 0 aliphatic heterocycles. The standard InChI is InChI=1S/C19H21ClN2O4S/c1-26-16-8-3-13(11-17(16)27(21,24)25)12-22-18(23)19(9-2-10-19)14-4-6-15(20)7-5-14/h3-8,11H,2,9-10,12H2,1H3,(H,22,23)(H2,21,24,25). The predicted octanol–water partition coefficient (Wildman–Crippen LogP) is 2.73. The van der Waals surface area contributed by atoms with E-state index in [9.17, 15) is 13.2 Å². The molecule has 1 aliphatic carbocycles. The molecule has 3 rings (SSSR count). The molecule has 2 aromatic rings. The van der Waals surface area contributed by atoms with Gasteiger partial charge < -0.3 is 10.1 Å². The second-order valence-corrected chi connectivity index (χ2v) is 8.62. The maximum Gasteiger partial charge on any atom is 0.241 e. The van der Waals surface area contributed by atoms with Gasteiger partial charge in [0.15, 0.2) is 0 Å². The summed E-state index contributed by atoms with van der Waals surface area (Å²) in [5.74, 6) is 0.0910. The summed E-state index contributed by atoms with van der Waals surface area (Å²) in [4.78, 5) is 12.8. The molecule has 0 aromatic heterocycles. The van der Waals surface area contributed by atoms with E-state index in [1.807, 2.05) is 12.1 Å². The molecule has 144 valence electrons. The number of sulfonamides is 1. The van der Waals surface area contributed by atoms with E-state index in [-0.39, 0.29) is 23.1 Å². The molecule has 8 heteroatoms. The number of methoxy groups -OCH3 is 1. The molecule has 0 heterocycles. The Kier molecular flexibility index (Phi) is 5.46. The first-order valence-corrected chi connectivity index (χ1v) is 10.4. The number of rotatable bonds is 6. The van der Waals surface area contributed by atoms with Gasteiger partial charge in [-0.3, -0.25) is 4.79 Å². The molecule has 3 N–H and O–H groups in total. The molecule has 0 atom stereocenters. The molecule has 27 heavy (non-hydrogen) atoms. The lowest BCUT2D eigenvalue weighted by Gasteiger charge is -2.40. The quantitative estimate of drug-likeness (QED) is 0.767. The fourth-order valence-electron chi connectivity index (χ4n) is 3.35. The van der Waals surface area contributed by atoms with Gasteiger partial charge in [-0.1, -0.05) is 36.2 Å². The second kappa shape index (κ2) is 7.50. The first kappa shape index (κ1) is 19.7. The molecular weight excluding hydrogens is 388 g/mol. The summed E-state index contributed by atoms with van der Waals surface area (Å²) in [7, 11) is -2.55. The fourth-order valence-corrected chi connectivity index (χ4v) is 4.22. The number of benzene rings is 2. The van der Waals surface area contributed by atoms with Crippen LogP contribution in [0.3, 0.4) is 0 Å². The van der Waals surface area contributed by atoms with E-state index in [2.05, 4.69) is 5.32 Å². The van der Waals surface area contributed by atoms with Crippen LogP contribution in [-0.2, 0) is 26.8 Å². The Morgan fingerprint density at radius 1 is 1.22 bits per heavy atom. The maximum atomic E-state index is 12.9. The predicted molar refractivity (Wildman–Crippen MR) is 103 cm³/mol. The highest BCUT2D eigenvalue weighted by atomic mass is 35.5. The SMILES string of the molecule is COc1ccc(CNC(=O)C2(c3ccc(Cl)cc3)CCC2)cc1S(N)(=O)=O. The van der Waals surface area contributed by atoms with Crippen molar-refractivity contribution in [1.82, 2.24) is 5.32 Å². The molecule has 1 saturated carbocycles. The molecule has 0 spiro atoms. The molecule has 0 radical (unpaired) electrons. The van der Waals surface area contributed by atoms with Gasteiger partial charge in [-0.15, -0.1) is 0 Å². The second-order valence-electron chi connectivity index (χ2n) is 6.66. The smallest absolute Gasteiger partial charge is 0.241 e. The first-order chi connectivity index (χ1) is 12.8. The van der Waals surface area contributed by atoms with Crippen molar-refractivity contribution < 1.29 is 17.9 Å². The first-order valence-electron chi connectivity index (χ1n) is 8.50. The third-order valence-corrected chi connectivity index (χ3v) is 6.21. The minimum absolute atomic E-state index is 0.0796. The van der Waals surface area contributed by atoms with Gasteiger partial charge in [0, 0.05) is 11.6 Å². The van der Waals surface area contributed by atoms with Crippen LogP contribution in [0.15, 0.2) is 47.4 Å².